The van der Waals surface area contributed by atoms with Crippen molar-refractivity contribution in [3.8, 4) is 0 Å². The van der Waals surface area contributed by atoms with Gasteiger partial charge in [0.1, 0.15) is 5.82 Å². The lowest BCUT2D eigenvalue weighted by Gasteiger charge is -2.24. The normalized spacial score (nSPS) is 16.0. The molecule has 0 aliphatic carbocycles. The van der Waals surface area contributed by atoms with Crippen molar-refractivity contribution in [1.82, 2.24) is 9.29 Å². The number of sulfonamides is 1. The minimum absolute atomic E-state index is 0.126. The fraction of sp³-hybridized carbons (Fsp3) is 0.286. The molecule has 2 aromatic heterocycles. The second-order valence-corrected chi connectivity index (χ2v) is 7.26. The number of hydrogen-bond acceptors (Lipinski definition) is 6. The Kier molecular flexibility index (Phi) is 4.86. The van der Waals surface area contributed by atoms with E-state index in [1.165, 1.54) is 28.7 Å². The van der Waals surface area contributed by atoms with Crippen LogP contribution in [0.5, 0.6) is 0 Å². The fourth-order valence-corrected chi connectivity index (χ4v) is 3.55. The molecule has 1 saturated heterocycles. The molecular weight excluding hydrogens is 358 g/mol. The third-order valence-corrected chi connectivity index (χ3v) is 5.33. The molecule has 0 bridgehead atoms. The Labute approximate surface area is 143 Å². The Balaban J connectivity index is 1.74. The van der Waals surface area contributed by atoms with Crippen molar-refractivity contribution in [2.75, 3.05) is 31.6 Å². The number of carbonyl (C=O) groups excluding carboxylic acids is 1. The van der Waals surface area contributed by atoms with Crippen molar-refractivity contribution in [2.45, 2.75) is 5.09 Å². The second kappa shape index (κ2) is 6.89. The number of hydrogen-bond donors (Lipinski definition) is 1. The summed E-state index contributed by atoms with van der Waals surface area (Å²) in [7, 11) is -3.78. The van der Waals surface area contributed by atoms with Crippen LogP contribution in [0.2, 0.25) is 5.02 Å². The van der Waals surface area contributed by atoms with Gasteiger partial charge in [-0.3, -0.25) is 4.79 Å². The third-order valence-electron chi connectivity index (χ3n) is 3.34. The van der Waals surface area contributed by atoms with Gasteiger partial charge in [0.15, 0.2) is 5.76 Å². The number of carbonyl (C=O) groups is 1. The van der Waals surface area contributed by atoms with Crippen LogP contribution >= 0.6 is 11.6 Å². The lowest BCUT2D eigenvalue weighted by molar-refractivity contribution is 0.0723. The van der Waals surface area contributed by atoms with Crippen molar-refractivity contribution < 1.29 is 22.4 Å². The summed E-state index contributed by atoms with van der Waals surface area (Å²) >= 11 is 5.72. The van der Waals surface area contributed by atoms with E-state index in [9.17, 15) is 13.2 Å². The average Bonchev–Trinajstić information content (AvgIpc) is 3.09. The zero-order valence-electron chi connectivity index (χ0n) is 12.4. The van der Waals surface area contributed by atoms with Gasteiger partial charge in [0.25, 0.3) is 15.9 Å². The Bertz CT molecular complexity index is 828. The zero-order valence-corrected chi connectivity index (χ0v) is 14.0. The molecule has 1 aliphatic heterocycles. The van der Waals surface area contributed by atoms with Crippen molar-refractivity contribution in [3.05, 3.63) is 41.2 Å². The molecule has 24 heavy (non-hydrogen) atoms. The smallest absolute Gasteiger partial charge is 0.292 e. The predicted molar refractivity (Wildman–Crippen MR) is 85.5 cm³/mol. The van der Waals surface area contributed by atoms with Crippen molar-refractivity contribution in [1.29, 1.82) is 0 Å². The van der Waals surface area contributed by atoms with Crippen LogP contribution < -0.4 is 5.32 Å². The van der Waals surface area contributed by atoms with Crippen LogP contribution in [0.15, 0.2) is 40.0 Å². The quantitative estimate of drug-likeness (QED) is 0.875. The number of nitrogens with one attached hydrogen (secondary N) is 1. The molecule has 0 aromatic carbocycles. The Hall–Kier alpha value is -1.94. The third kappa shape index (κ3) is 3.59. The van der Waals surface area contributed by atoms with Crippen LogP contribution in [0.3, 0.4) is 0 Å². The van der Waals surface area contributed by atoms with Gasteiger partial charge in [0.05, 0.1) is 18.2 Å². The lowest BCUT2D eigenvalue weighted by atomic mass is 10.4. The highest BCUT2D eigenvalue weighted by Crippen LogP contribution is 2.20. The summed E-state index contributed by atoms with van der Waals surface area (Å²) in [5.41, 5.74) is 0. The van der Waals surface area contributed by atoms with E-state index in [-0.39, 0.29) is 29.8 Å². The molecule has 3 heterocycles. The minimum Gasteiger partial charge on any atom is -0.438 e. The fourth-order valence-electron chi connectivity index (χ4n) is 2.12. The highest BCUT2D eigenvalue weighted by Gasteiger charge is 2.30. The van der Waals surface area contributed by atoms with Gasteiger partial charge in [-0.25, -0.2) is 13.4 Å². The molecule has 10 heteroatoms. The maximum Gasteiger partial charge on any atom is 0.292 e. The van der Waals surface area contributed by atoms with Gasteiger partial charge in [0.2, 0.25) is 5.09 Å². The predicted octanol–water partition coefficient (Wildman–Crippen LogP) is 1.60. The molecule has 3 rings (SSSR count). The van der Waals surface area contributed by atoms with E-state index in [2.05, 4.69) is 10.3 Å². The number of aromatic nitrogens is 1. The summed E-state index contributed by atoms with van der Waals surface area (Å²) in [4.78, 5) is 16.0. The van der Waals surface area contributed by atoms with Crippen LogP contribution in [0.25, 0.3) is 0 Å². The molecule has 1 aliphatic rings. The first-order valence-corrected chi connectivity index (χ1v) is 8.89. The summed E-state index contributed by atoms with van der Waals surface area (Å²) in [6.07, 6.45) is 1.38. The topological polar surface area (TPSA) is 102 Å². The molecule has 2 aromatic rings. The number of furan rings is 1. The van der Waals surface area contributed by atoms with Gasteiger partial charge >= 0.3 is 0 Å². The Morgan fingerprint density at radius 3 is 2.62 bits per heavy atom. The van der Waals surface area contributed by atoms with Crippen LogP contribution in [-0.2, 0) is 14.8 Å². The van der Waals surface area contributed by atoms with Gasteiger partial charge in [-0.05, 0) is 24.3 Å². The van der Waals surface area contributed by atoms with Crippen LogP contribution in [0.1, 0.15) is 10.6 Å². The van der Waals surface area contributed by atoms with Gasteiger partial charge in [-0.15, -0.1) is 0 Å². The van der Waals surface area contributed by atoms with E-state index >= 15 is 0 Å². The van der Waals surface area contributed by atoms with Crippen LogP contribution in [0.4, 0.5) is 5.82 Å². The lowest BCUT2D eigenvalue weighted by Crippen LogP contribution is -2.40. The van der Waals surface area contributed by atoms with Crippen molar-refractivity contribution in [2.24, 2.45) is 0 Å². The number of amides is 1. The van der Waals surface area contributed by atoms with E-state index in [0.29, 0.717) is 18.2 Å². The maximum atomic E-state index is 12.4. The van der Waals surface area contributed by atoms with Crippen LogP contribution in [0, 0.1) is 0 Å². The molecular formula is C14H14ClN3O5S. The van der Waals surface area contributed by atoms with Crippen molar-refractivity contribution >= 4 is 33.3 Å². The van der Waals surface area contributed by atoms with Gasteiger partial charge in [0, 0.05) is 19.3 Å². The summed E-state index contributed by atoms with van der Waals surface area (Å²) < 4.78 is 36.5. The standard InChI is InChI=1S/C14H14ClN3O5S/c15-10-1-3-12(16-9-10)17-14(19)11-2-4-13(23-11)24(20,21)18-5-7-22-8-6-18/h1-4,9H,5-8H2,(H,16,17,19). The van der Waals surface area contributed by atoms with E-state index < -0.39 is 15.9 Å². The molecule has 1 fully saturated rings. The molecule has 0 saturated carbocycles. The monoisotopic (exact) mass is 371 g/mol. The maximum absolute atomic E-state index is 12.4. The van der Waals surface area contributed by atoms with E-state index in [1.807, 2.05) is 0 Å². The van der Waals surface area contributed by atoms with Gasteiger partial charge in [-0.2, -0.15) is 4.31 Å². The number of ether oxygens (including phenoxy) is 1. The molecule has 1 N–H and O–H groups in total. The summed E-state index contributed by atoms with van der Waals surface area (Å²) in [6.45, 7) is 1.16. The number of halogens is 1. The first-order chi connectivity index (χ1) is 11.5. The van der Waals surface area contributed by atoms with Crippen molar-refractivity contribution in [3.63, 3.8) is 0 Å². The molecule has 0 atom stereocenters. The summed E-state index contributed by atoms with van der Waals surface area (Å²) in [5.74, 6) is -0.453. The largest absolute Gasteiger partial charge is 0.438 e. The summed E-state index contributed by atoms with van der Waals surface area (Å²) in [6, 6.07) is 5.66. The number of pyridine rings is 1. The Morgan fingerprint density at radius 1 is 1.21 bits per heavy atom. The SMILES string of the molecule is O=C(Nc1ccc(Cl)cn1)c1ccc(S(=O)(=O)N2CCOCC2)o1. The summed E-state index contributed by atoms with van der Waals surface area (Å²) in [5, 5.41) is 2.65. The van der Waals surface area contributed by atoms with E-state index in [4.69, 9.17) is 20.8 Å². The number of nitrogens with zero attached hydrogens (tertiary/aromatic N) is 2. The number of morpholine rings is 1. The molecule has 0 unspecified atom stereocenters. The highest BCUT2D eigenvalue weighted by atomic mass is 35.5. The molecule has 128 valence electrons. The van der Waals surface area contributed by atoms with E-state index in [0.717, 1.165) is 0 Å². The first-order valence-electron chi connectivity index (χ1n) is 7.07. The second-order valence-electron chi connectivity index (χ2n) is 4.95. The minimum atomic E-state index is -3.78. The first kappa shape index (κ1) is 16.9. The molecule has 0 radical (unpaired) electrons. The Morgan fingerprint density at radius 2 is 1.96 bits per heavy atom. The van der Waals surface area contributed by atoms with Gasteiger partial charge < -0.3 is 14.5 Å². The van der Waals surface area contributed by atoms with Crippen LogP contribution in [-0.4, -0.2) is 49.9 Å². The molecule has 0 spiro atoms. The highest BCUT2D eigenvalue weighted by molar-refractivity contribution is 7.89. The zero-order chi connectivity index (χ0) is 17.2. The molecule has 1 amide bonds. The number of rotatable bonds is 4. The van der Waals surface area contributed by atoms with E-state index in [1.54, 1.807) is 6.07 Å². The average molecular weight is 372 g/mol. The number of anilines is 1. The molecule has 8 nitrogen and oxygen atoms in total. The van der Waals surface area contributed by atoms with Gasteiger partial charge in [-0.1, -0.05) is 11.6 Å².